The summed E-state index contributed by atoms with van der Waals surface area (Å²) >= 11 is 0. The van der Waals surface area contributed by atoms with Crippen LogP contribution in [0.15, 0.2) is 18.2 Å². The number of nitrogen functional groups attached to an aromatic ring is 1. The van der Waals surface area contributed by atoms with E-state index in [0.29, 0.717) is 5.56 Å². The maximum Gasteiger partial charge on any atom is 0.325 e. The van der Waals surface area contributed by atoms with Crippen molar-refractivity contribution in [1.29, 1.82) is 0 Å². The molecule has 0 atom stereocenters. The van der Waals surface area contributed by atoms with E-state index in [1.807, 2.05) is 0 Å². The van der Waals surface area contributed by atoms with Crippen LogP contribution in [0, 0.1) is 5.82 Å². The van der Waals surface area contributed by atoms with Gasteiger partial charge in [-0.25, -0.2) is 9.18 Å². The normalized spacial score (nSPS) is 18.1. The zero-order valence-electron chi connectivity index (χ0n) is 10.2. The number of anilines is 1. The minimum absolute atomic E-state index is 0.00998. The lowest BCUT2D eigenvalue weighted by atomic mass is 10.1. The monoisotopic (exact) mass is 251 g/mol. The lowest BCUT2D eigenvalue weighted by molar-refractivity contribution is -0.130. The molecular formula is C12H14FN3O2. The molecule has 0 aliphatic carbocycles. The molecule has 0 aromatic heterocycles. The number of rotatable bonds is 2. The minimum atomic E-state index is -0.921. The van der Waals surface area contributed by atoms with Crippen molar-refractivity contribution >= 4 is 17.6 Å². The SMILES string of the molecule is CC1(C)NC(=O)N(Cc2cc(N)cc(F)c2)C1=O. The van der Waals surface area contributed by atoms with Crippen LogP contribution in [0.2, 0.25) is 0 Å². The summed E-state index contributed by atoms with van der Waals surface area (Å²) in [5.41, 5.74) is 5.33. The van der Waals surface area contributed by atoms with Crippen LogP contribution in [0.5, 0.6) is 0 Å². The maximum absolute atomic E-state index is 13.2. The Bertz CT molecular complexity index is 508. The van der Waals surface area contributed by atoms with Gasteiger partial charge < -0.3 is 11.1 Å². The van der Waals surface area contributed by atoms with Crippen LogP contribution < -0.4 is 11.1 Å². The molecular weight excluding hydrogens is 237 g/mol. The number of halogens is 1. The zero-order chi connectivity index (χ0) is 13.5. The molecule has 18 heavy (non-hydrogen) atoms. The van der Waals surface area contributed by atoms with E-state index < -0.39 is 17.4 Å². The Morgan fingerprint density at radius 2 is 2.00 bits per heavy atom. The maximum atomic E-state index is 13.2. The Labute approximate surface area is 104 Å². The van der Waals surface area contributed by atoms with Crippen molar-refractivity contribution in [2.45, 2.75) is 25.9 Å². The van der Waals surface area contributed by atoms with Gasteiger partial charge in [-0.15, -0.1) is 0 Å². The largest absolute Gasteiger partial charge is 0.399 e. The van der Waals surface area contributed by atoms with Crippen LogP contribution in [0.4, 0.5) is 14.9 Å². The van der Waals surface area contributed by atoms with Gasteiger partial charge in [0, 0.05) is 5.69 Å². The molecule has 3 N–H and O–H groups in total. The molecule has 3 amide bonds. The Balaban J connectivity index is 2.24. The number of carbonyl (C=O) groups excluding carboxylic acids is 2. The number of hydrogen-bond acceptors (Lipinski definition) is 3. The summed E-state index contributed by atoms with van der Waals surface area (Å²) in [6.45, 7) is 3.25. The molecule has 1 fully saturated rings. The molecule has 1 saturated heterocycles. The molecule has 0 unspecified atom stereocenters. The zero-order valence-corrected chi connectivity index (χ0v) is 10.2. The second kappa shape index (κ2) is 3.97. The molecule has 2 rings (SSSR count). The average Bonchev–Trinajstić information content (AvgIpc) is 2.39. The predicted molar refractivity (Wildman–Crippen MR) is 64.0 cm³/mol. The Kier molecular flexibility index (Phi) is 2.73. The van der Waals surface area contributed by atoms with E-state index in [4.69, 9.17) is 5.73 Å². The quantitative estimate of drug-likeness (QED) is 0.613. The Morgan fingerprint density at radius 3 is 2.50 bits per heavy atom. The molecule has 5 nitrogen and oxygen atoms in total. The van der Waals surface area contributed by atoms with Crippen LogP contribution in [0.1, 0.15) is 19.4 Å². The van der Waals surface area contributed by atoms with Crippen LogP contribution in [-0.2, 0) is 11.3 Å². The molecule has 1 aromatic rings. The summed E-state index contributed by atoms with van der Waals surface area (Å²) in [4.78, 5) is 24.6. The van der Waals surface area contributed by atoms with Crippen molar-refractivity contribution < 1.29 is 14.0 Å². The van der Waals surface area contributed by atoms with E-state index in [0.717, 1.165) is 4.90 Å². The van der Waals surface area contributed by atoms with Gasteiger partial charge in [-0.1, -0.05) is 0 Å². The van der Waals surface area contributed by atoms with Gasteiger partial charge >= 0.3 is 6.03 Å². The minimum Gasteiger partial charge on any atom is -0.399 e. The van der Waals surface area contributed by atoms with Gasteiger partial charge in [0.1, 0.15) is 11.4 Å². The van der Waals surface area contributed by atoms with Gasteiger partial charge in [0.15, 0.2) is 0 Å². The average molecular weight is 251 g/mol. The molecule has 1 heterocycles. The number of imide groups is 1. The van der Waals surface area contributed by atoms with Crippen molar-refractivity contribution in [3.05, 3.63) is 29.6 Å². The standard InChI is InChI=1S/C12H14FN3O2/c1-12(2)10(17)16(11(18)15-12)6-7-3-8(13)5-9(14)4-7/h3-5H,6,14H2,1-2H3,(H,15,18). The van der Waals surface area contributed by atoms with Gasteiger partial charge in [0.2, 0.25) is 0 Å². The number of nitrogens with two attached hydrogens (primary N) is 1. The van der Waals surface area contributed by atoms with Gasteiger partial charge in [-0.3, -0.25) is 9.69 Å². The first-order valence-electron chi connectivity index (χ1n) is 5.48. The van der Waals surface area contributed by atoms with E-state index in [2.05, 4.69) is 5.32 Å². The van der Waals surface area contributed by atoms with Crippen LogP contribution in [0.25, 0.3) is 0 Å². The summed E-state index contributed by atoms with van der Waals surface area (Å²) in [6, 6.07) is 3.49. The number of amides is 3. The summed E-state index contributed by atoms with van der Waals surface area (Å²) in [7, 11) is 0. The first kappa shape index (κ1) is 12.3. The molecule has 0 saturated carbocycles. The van der Waals surface area contributed by atoms with Crippen molar-refractivity contribution in [1.82, 2.24) is 10.2 Å². The Hall–Kier alpha value is -2.11. The first-order chi connectivity index (χ1) is 8.29. The third kappa shape index (κ3) is 2.13. The number of carbonyl (C=O) groups is 2. The number of hydrogen-bond donors (Lipinski definition) is 2. The second-order valence-corrected chi connectivity index (χ2v) is 4.84. The van der Waals surface area contributed by atoms with Crippen molar-refractivity contribution in [2.75, 3.05) is 5.73 Å². The predicted octanol–water partition coefficient (Wildman–Crippen LogP) is 1.24. The lowest BCUT2D eigenvalue weighted by Crippen LogP contribution is -2.40. The molecule has 0 bridgehead atoms. The molecule has 0 radical (unpaired) electrons. The van der Waals surface area contributed by atoms with Crippen LogP contribution in [-0.4, -0.2) is 22.4 Å². The summed E-state index contributed by atoms with van der Waals surface area (Å²) in [5, 5.41) is 2.55. The molecule has 1 aliphatic rings. The Morgan fingerprint density at radius 1 is 1.33 bits per heavy atom. The van der Waals surface area contributed by atoms with Crippen molar-refractivity contribution in [3.8, 4) is 0 Å². The fraction of sp³-hybridized carbons (Fsp3) is 0.333. The van der Waals surface area contributed by atoms with E-state index in [-0.39, 0.29) is 18.1 Å². The third-order valence-corrected chi connectivity index (χ3v) is 2.76. The summed E-state index contributed by atoms with van der Waals surface area (Å²) in [6.07, 6.45) is 0. The molecule has 96 valence electrons. The van der Waals surface area contributed by atoms with Crippen molar-refractivity contribution in [3.63, 3.8) is 0 Å². The smallest absolute Gasteiger partial charge is 0.325 e. The van der Waals surface area contributed by atoms with E-state index in [1.54, 1.807) is 13.8 Å². The topological polar surface area (TPSA) is 75.4 Å². The second-order valence-electron chi connectivity index (χ2n) is 4.84. The van der Waals surface area contributed by atoms with Crippen LogP contribution in [0.3, 0.4) is 0 Å². The highest BCUT2D eigenvalue weighted by Gasteiger charge is 2.44. The number of nitrogens with one attached hydrogen (secondary N) is 1. The highest BCUT2D eigenvalue weighted by molar-refractivity contribution is 6.06. The summed E-state index contributed by atoms with van der Waals surface area (Å²) < 4.78 is 13.2. The van der Waals surface area contributed by atoms with Crippen molar-refractivity contribution in [2.24, 2.45) is 0 Å². The van der Waals surface area contributed by atoms with Gasteiger partial charge in [-0.2, -0.15) is 0 Å². The van der Waals surface area contributed by atoms with E-state index >= 15 is 0 Å². The number of nitrogens with zero attached hydrogens (tertiary/aromatic N) is 1. The molecule has 0 spiro atoms. The van der Waals surface area contributed by atoms with E-state index in [9.17, 15) is 14.0 Å². The van der Waals surface area contributed by atoms with Crippen LogP contribution >= 0.6 is 0 Å². The van der Waals surface area contributed by atoms with Gasteiger partial charge in [0.05, 0.1) is 6.54 Å². The number of urea groups is 1. The van der Waals surface area contributed by atoms with Gasteiger partial charge in [-0.05, 0) is 37.6 Å². The number of benzene rings is 1. The highest BCUT2D eigenvalue weighted by Crippen LogP contribution is 2.20. The first-order valence-corrected chi connectivity index (χ1v) is 5.48. The summed E-state index contributed by atoms with van der Waals surface area (Å²) in [5.74, 6) is -0.827. The lowest BCUT2D eigenvalue weighted by Gasteiger charge is -2.16. The fourth-order valence-corrected chi connectivity index (χ4v) is 1.91. The molecule has 1 aromatic carbocycles. The third-order valence-electron chi connectivity index (χ3n) is 2.76. The van der Waals surface area contributed by atoms with Gasteiger partial charge in [0.25, 0.3) is 5.91 Å². The highest BCUT2D eigenvalue weighted by atomic mass is 19.1. The molecule has 6 heteroatoms. The molecule has 1 aliphatic heterocycles. The fourth-order valence-electron chi connectivity index (χ4n) is 1.91. The van der Waals surface area contributed by atoms with E-state index in [1.165, 1.54) is 18.2 Å².